The van der Waals surface area contributed by atoms with Gasteiger partial charge in [-0.05, 0) is 12.5 Å². The number of aromatic nitrogens is 3. The monoisotopic (exact) mass is 336 g/mol. The largest absolute Gasteiger partial charge is 0.364 e. The van der Waals surface area contributed by atoms with Gasteiger partial charge >= 0.3 is 0 Å². The Balaban J connectivity index is 1.53. The summed E-state index contributed by atoms with van der Waals surface area (Å²) in [5.74, 6) is 1.60. The zero-order chi connectivity index (χ0) is 16.4. The first-order chi connectivity index (χ1) is 11.8. The van der Waals surface area contributed by atoms with Gasteiger partial charge in [0, 0.05) is 16.5 Å². The van der Waals surface area contributed by atoms with Gasteiger partial charge < -0.3 is 9.84 Å². The number of benzene rings is 1. The van der Waals surface area contributed by atoms with E-state index in [1.807, 2.05) is 36.4 Å². The molecular formula is C18H16N4OS. The summed E-state index contributed by atoms with van der Waals surface area (Å²) in [5, 5.41) is 8.53. The summed E-state index contributed by atoms with van der Waals surface area (Å²) in [5.41, 5.74) is 1.86. The summed E-state index contributed by atoms with van der Waals surface area (Å²) in [7, 11) is 0. The fraction of sp³-hybridized carbons (Fsp3) is 0.167. The molecule has 0 unspecified atom stereocenters. The van der Waals surface area contributed by atoms with Crippen molar-refractivity contribution in [3.8, 4) is 11.3 Å². The highest BCUT2D eigenvalue weighted by Gasteiger charge is 2.10. The van der Waals surface area contributed by atoms with Crippen molar-refractivity contribution in [2.75, 3.05) is 5.32 Å². The van der Waals surface area contributed by atoms with Crippen LogP contribution in [0.3, 0.4) is 0 Å². The van der Waals surface area contributed by atoms with Crippen molar-refractivity contribution in [2.24, 2.45) is 0 Å². The summed E-state index contributed by atoms with van der Waals surface area (Å²) < 4.78 is 5.43. The number of anilines is 1. The van der Waals surface area contributed by atoms with Crippen LogP contribution in [0.25, 0.3) is 21.5 Å². The van der Waals surface area contributed by atoms with Gasteiger partial charge in [0.2, 0.25) is 0 Å². The Morgan fingerprint density at radius 1 is 1.12 bits per heavy atom. The van der Waals surface area contributed by atoms with E-state index in [0.717, 1.165) is 39.5 Å². The molecule has 0 fully saturated rings. The molecule has 6 heteroatoms. The second-order valence-electron chi connectivity index (χ2n) is 5.41. The molecule has 1 N–H and O–H groups in total. The van der Waals surface area contributed by atoms with E-state index < -0.39 is 0 Å². The molecule has 0 aliphatic carbocycles. The Hall–Kier alpha value is -2.73. The van der Waals surface area contributed by atoms with Crippen LogP contribution in [0.5, 0.6) is 0 Å². The third-order valence-corrected chi connectivity index (χ3v) is 4.97. The zero-order valence-electron chi connectivity index (χ0n) is 13.2. The molecule has 0 atom stereocenters. The normalized spacial score (nSPS) is 11.0. The smallest absolute Gasteiger partial charge is 0.167 e. The topological polar surface area (TPSA) is 63.8 Å². The van der Waals surface area contributed by atoms with E-state index in [2.05, 4.69) is 33.4 Å². The molecule has 5 nitrogen and oxygen atoms in total. The Morgan fingerprint density at radius 2 is 2.00 bits per heavy atom. The first-order valence-corrected chi connectivity index (χ1v) is 8.63. The highest BCUT2D eigenvalue weighted by atomic mass is 32.1. The standard InChI is InChI=1S/C18H16N4OS/c1-2-14-9-15-17(20-11-21-18(15)24-14)19-10-13-8-16(23-22-13)12-6-4-3-5-7-12/h3-9,11H,2,10H2,1H3,(H,19,20,21). The lowest BCUT2D eigenvalue weighted by molar-refractivity contribution is 0.424. The third kappa shape index (κ3) is 2.88. The summed E-state index contributed by atoms with van der Waals surface area (Å²) in [6.07, 6.45) is 2.60. The minimum absolute atomic E-state index is 0.555. The van der Waals surface area contributed by atoms with Gasteiger partial charge in [-0.15, -0.1) is 11.3 Å². The molecule has 3 aromatic heterocycles. The van der Waals surface area contributed by atoms with Crippen molar-refractivity contribution in [3.63, 3.8) is 0 Å². The lowest BCUT2D eigenvalue weighted by Gasteiger charge is -2.03. The molecule has 0 radical (unpaired) electrons. The average molecular weight is 336 g/mol. The summed E-state index contributed by atoms with van der Waals surface area (Å²) in [6, 6.07) is 14.1. The molecule has 120 valence electrons. The van der Waals surface area contributed by atoms with Gasteiger partial charge in [0.25, 0.3) is 0 Å². The molecule has 0 aliphatic rings. The Morgan fingerprint density at radius 3 is 2.83 bits per heavy atom. The molecule has 0 saturated carbocycles. The minimum Gasteiger partial charge on any atom is -0.364 e. The number of fused-ring (bicyclic) bond motifs is 1. The molecule has 1 aromatic carbocycles. The van der Waals surface area contributed by atoms with Gasteiger partial charge in [-0.3, -0.25) is 0 Å². The molecular weight excluding hydrogens is 320 g/mol. The molecule has 0 amide bonds. The van der Waals surface area contributed by atoms with Crippen LogP contribution in [0.4, 0.5) is 5.82 Å². The maximum absolute atomic E-state index is 5.43. The Kier molecular flexibility index (Phi) is 3.96. The fourth-order valence-electron chi connectivity index (χ4n) is 2.53. The van der Waals surface area contributed by atoms with Gasteiger partial charge in [-0.1, -0.05) is 42.4 Å². The molecule has 24 heavy (non-hydrogen) atoms. The quantitative estimate of drug-likeness (QED) is 0.580. The number of hydrogen-bond acceptors (Lipinski definition) is 6. The van der Waals surface area contributed by atoms with Crippen LogP contribution in [0.1, 0.15) is 17.5 Å². The van der Waals surface area contributed by atoms with E-state index in [9.17, 15) is 0 Å². The van der Waals surface area contributed by atoms with E-state index in [1.54, 1.807) is 17.7 Å². The minimum atomic E-state index is 0.555. The van der Waals surface area contributed by atoms with Gasteiger partial charge in [0.05, 0.1) is 11.9 Å². The van der Waals surface area contributed by atoms with E-state index in [-0.39, 0.29) is 0 Å². The second kappa shape index (κ2) is 6.41. The van der Waals surface area contributed by atoms with E-state index in [0.29, 0.717) is 6.54 Å². The van der Waals surface area contributed by atoms with Gasteiger partial charge in [-0.25, -0.2) is 9.97 Å². The van der Waals surface area contributed by atoms with Crippen molar-refractivity contribution >= 4 is 27.4 Å². The number of aryl methyl sites for hydroxylation is 1. The van der Waals surface area contributed by atoms with Crippen molar-refractivity contribution in [1.29, 1.82) is 0 Å². The van der Waals surface area contributed by atoms with Crippen LogP contribution in [0.15, 0.2) is 53.3 Å². The first-order valence-electron chi connectivity index (χ1n) is 7.82. The Labute approximate surface area is 143 Å². The number of hydrogen-bond donors (Lipinski definition) is 1. The Bertz CT molecular complexity index is 961. The predicted octanol–water partition coefficient (Wildman–Crippen LogP) is 4.52. The number of rotatable bonds is 5. The third-order valence-electron chi connectivity index (χ3n) is 3.78. The maximum Gasteiger partial charge on any atom is 0.167 e. The number of nitrogens with one attached hydrogen (secondary N) is 1. The van der Waals surface area contributed by atoms with E-state index >= 15 is 0 Å². The van der Waals surface area contributed by atoms with Crippen LogP contribution in [-0.2, 0) is 13.0 Å². The van der Waals surface area contributed by atoms with E-state index in [4.69, 9.17) is 4.52 Å². The van der Waals surface area contributed by atoms with Crippen LogP contribution < -0.4 is 5.32 Å². The molecule has 0 spiro atoms. The molecule has 3 heterocycles. The van der Waals surface area contributed by atoms with Gasteiger partial charge in [0.15, 0.2) is 5.76 Å². The molecule has 0 bridgehead atoms. The average Bonchev–Trinajstić information content (AvgIpc) is 3.27. The van der Waals surface area contributed by atoms with E-state index in [1.165, 1.54) is 4.88 Å². The molecule has 0 aliphatic heterocycles. The molecule has 0 saturated heterocycles. The van der Waals surface area contributed by atoms with Crippen molar-refractivity contribution in [3.05, 3.63) is 59.4 Å². The SMILES string of the molecule is CCc1cc2c(NCc3cc(-c4ccccc4)on3)ncnc2s1. The maximum atomic E-state index is 5.43. The highest BCUT2D eigenvalue weighted by Crippen LogP contribution is 2.28. The second-order valence-corrected chi connectivity index (χ2v) is 6.52. The highest BCUT2D eigenvalue weighted by molar-refractivity contribution is 7.18. The van der Waals surface area contributed by atoms with Crippen LogP contribution >= 0.6 is 11.3 Å². The van der Waals surface area contributed by atoms with Gasteiger partial charge in [-0.2, -0.15) is 0 Å². The summed E-state index contributed by atoms with van der Waals surface area (Å²) >= 11 is 1.71. The van der Waals surface area contributed by atoms with Crippen LogP contribution in [0.2, 0.25) is 0 Å². The fourth-order valence-corrected chi connectivity index (χ4v) is 3.46. The number of thiophene rings is 1. The van der Waals surface area contributed by atoms with Crippen molar-refractivity contribution in [2.45, 2.75) is 19.9 Å². The molecule has 4 rings (SSSR count). The predicted molar refractivity (Wildman–Crippen MR) is 96.1 cm³/mol. The lowest BCUT2D eigenvalue weighted by atomic mass is 10.2. The van der Waals surface area contributed by atoms with Crippen LogP contribution in [0, 0.1) is 0 Å². The molecule has 4 aromatic rings. The first kappa shape index (κ1) is 14.8. The number of nitrogens with zero attached hydrogens (tertiary/aromatic N) is 3. The summed E-state index contributed by atoms with van der Waals surface area (Å²) in [4.78, 5) is 11.0. The zero-order valence-corrected chi connectivity index (χ0v) is 14.0. The van der Waals surface area contributed by atoms with Crippen LogP contribution in [-0.4, -0.2) is 15.1 Å². The van der Waals surface area contributed by atoms with Gasteiger partial charge in [0.1, 0.15) is 22.7 Å². The summed E-state index contributed by atoms with van der Waals surface area (Å²) in [6.45, 7) is 2.70. The lowest BCUT2D eigenvalue weighted by Crippen LogP contribution is -2.02. The van der Waals surface area contributed by atoms with Crippen molar-refractivity contribution < 1.29 is 4.52 Å². The van der Waals surface area contributed by atoms with Crippen molar-refractivity contribution in [1.82, 2.24) is 15.1 Å².